The van der Waals surface area contributed by atoms with Gasteiger partial charge in [-0.25, -0.2) is 0 Å². The maximum atomic E-state index is 5.95. The van der Waals surface area contributed by atoms with Crippen molar-refractivity contribution < 1.29 is 4.74 Å². The van der Waals surface area contributed by atoms with E-state index in [1.54, 1.807) is 13.3 Å². The summed E-state index contributed by atoms with van der Waals surface area (Å²) in [6, 6.07) is 15.0. The van der Waals surface area contributed by atoms with Crippen LogP contribution in [-0.2, 0) is 0 Å². The van der Waals surface area contributed by atoms with Gasteiger partial charge < -0.3 is 10.1 Å². The van der Waals surface area contributed by atoms with Crippen molar-refractivity contribution in [2.75, 3.05) is 17.9 Å². The number of rotatable bonds is 6. The molecule has 0 aliphatic carbocycles. The topological polar surface area (TPSA) is 71.4 Å². The second kappa shape index (κ2) is 7.76. The highest BCUT2D eigenvalue weighted by Crippen LogP contribution is 2.25. The molecule has 0 saturated heterocycles. The van der Waals surface area contributed by atoms with Gasteiger partial charge in [0.25, 0.3) is 0 Å². The van der Waals surface area contributed by atoms with E-state index >= 15 is 0 Å². The van der Waals surface area contributed by atoms with Crippen LogP contribution in [0.25, 0.3) is 0 Å². The summed E-state index contributed by atoms with van der Waals surface area (Å²) in [7, 11) is 1.63. The summed E-state index contributed by atoms with van der Waals surface area (Å²) in [6.45, 7) is 0. The van der Waals surface area contributed by atoms with Crippen LogP contribution in [0.2, 0.25) is 5.02 Å². The number of nitrogens with zero attached hydrogens (tertiary/aromatic N) is 3. The SMILES string of the molecule is COc1ccc(/C=N/Nc2nnc(Nc3cccc(Cl)c3)s2)cc1. The first-order valence-electron chi connectivity index (χ1n) is 7.02. The molecule has 0 spiro atoms. The molecule has 0 fully saturated rings. The summed E-state index contributed by atoms with van der Waals surface area (Å²) >= 11 is 7.30. The van der Waals surface area contributed by atoms with Crippen LogP contribution < -0.4 is 15.5 Å². The largest absolute Gasteiger partial charge is 0.497 e. The van der Waals surface area contributed by atoms with Crippen molar-refractivity contribution >= 4 is 45.1 Å². The molecule has 1 aromatic heterocycles. The predicted octanol–water partition coefficient (Wildman–Crippen LogP) is 4.39. The van der Waals surface area contributed by atoms with Crippen LogP contribution in [0.5, 0.6) is 5.75 Å². The highest BCUT2D eigenvalue weighted by atomic mass is 35.5. The second-order valence-electron chi connectivity index (χ2n) is 4.69. The number of ether oxygens (including phenoxy) is 1. The van der Waals surface area contributed by atoms with Gasteiger partial charge in [0.15, 0.2) is 0 Å². The van der Waals surface area contributed by atoms with Gasteiger partial charge in [0, 0.05) is 10.7 Å². The number of nitrogens with one attached hydrogen (secondary N) is 2. The molecule has 0 unspecified atom stereocenters. The molecule has 0 aliphatic heterocycles. The van der Waals surface area contributed by atoms with E-state index in [1.165, 1.54) is 11.3 Å². The molecule has 3 rings (SSSR count). The first-order chi connectivity index (χ1) is 11.7. The summed E-state index contributed by atoms with van der Waals surface area (Å²) in [4.78, 5) is 0. The average Bonchev–Trinajstić information content (AvgIpc) is 3.03. The van der Waals surface area contributed by atoms with E-state index in [0.717, 1.165) is 17.0 Å². The van der Waals surface area contributed by atoms with E-state index in [0.29, 0.717) is 15.3 Å². The van der Waals surface area contributed by atoms with Gasteiger partial charge in [-0.3, -0.25) is 5.43 Å². The zero-order chi connectivity index (χ0) is 16.8. The number of hydrogen-bond acceptors (Lipinski definition) is 7. The van der Waals surface area contributed by atoms with Crippen LogP contribution >= 0.6 is 22.9 Å². The molecule has 0 saturated carbocycles. The lowest BCUT2D eigenvalue weighted by molar-refractivity contribution is 0.415. The zero-order valence-electron chi connectivity index (χ0n) is 12.7. The quantitative estimate of drug-likeness (QED) is 0.504. The summed E-state index contributed by atoms with van der Waals surface area (Å²) in [5, 5.41) is 17.3. The minimum absolute atomic E-state index is 0.587. The molecule has 6 nitrogen and oxygen atoms in total. The smallest absolute Gasteiger partial charge is 0.227 e. The lowest BCUT2D eigenvalue weighted by atomic mass is 10.2. The second-order valence-corrected chi connectivity index (χ2v) is 6.10. The fraction of sp³-hybridized carbons (Fsp3) is 0.0625. The van der Waals surface area contributed by atoms with Crippen LogP contribution in [0.15, 0.2) is 53.6 Å². The normalized spacial score (nSPS) is 10.8. The summed E-state index contributed by atoms with van der Waals surface area (Å²) in [5.74, 6) is 0.806. The van der Waals surface area contributed by atoms with Crippen LogP contribution in [0.3, 0.4) is 0 Å². The van der Waals surface area contributed by atoms with Crippen LogP contribution in [0.4, 0.5) is 16.0 Å². The molecule has 24 heavy (non-hydrogen) atoms. The number of anilines is 3. The van der Waals surface area contributed by atoms with Gasteiger partial charge in [0.05, 0.1) is 13.3 Å². The van der Waals surface area contributed by atoms with E-state index in [2.05, 4.69) is 26.0 Å². The van der Waals surface area contributed by atoms with Gasteiger partial charge >= 0.3 is 0 Å². The molecule has 3 aromatic rings. The molecular weight excluding hydrogens is 346 g/mol. The van der Waals surface area contributed by atoms with E-state index in [-0.39, 0.29) is 0 Å². The van der Waals surface area contributed by atoms with E-state index in [9.17, 15) is 0 Å². The highest BCUT2D eigenvalue weighted by Gasteiger charge is 2.03. The van der Waals surface area contributed by atoms with Gasteiger partial charge in [-0.2, -0.15) is 5.10 Å². The summed E-state index contributed by atoms with van der Waals surface area (Å²) in [5.41, 5.74) is 4.66. The number of hydrazone groups is 1. The monoisotopic (exact) mass is 359 g/mol. The Balaban J connectivity index is 1.58. The van der Waals surface area contributed by atoms with Crippen molar-refractivity contribution in [2.24, 2.45) is 5.10 Å². The molecular formula is C16H14ClN5OS. The highest BCUT2D eigenvalue weighted by molar-refractivity contribution is 7.19. The van der Waals surface area contributed by atoms with Crippen molar-refractivity contribution in [1.29, 1.82) is 0 Å². The minimum Gasteiger partial charge on any atom is -0.497 e. The first-order valence-corrected chi connectivity index (χ1v) is 8.21. The maximum absolute atomic E-state index is 5.95. The number of methoxy groups -OCH3 is 1. The summed E-state index contributed by atoms with van der Waals surface area (Å²) < 4.78 is 5.11. The average molecular weight is 360 g/mol. The summed E-state index contributed by atoms with van der Waals surface area (Å²) in [6.07, 6.45) is 1.70. The number of aromatic nitrogens is 2. The molecule has 0 amide bonds. The Hall–Kier alpha value is -2.64. The third-order valence-corrected chi connectivity index (χ3v) is 3.97. The number of hydrogen-bond donors (Lipinski definition) is 2. The van der Waals surface area contributed by atoms with Crippen molar-refractivity contribution in [3.63, 3.8) is 0 Å². The molecule has 0 bridgehead atoms. The van der Waals surface area contributed by atoms with E-state index < -0.39 is 0 Å². The Bertz CT molecular complexity index is 834. The molecule has 2 aromatic carbocycles. The molecule has 0 aliphatic rings. The molecule has 1 heterocycles. The molecule has 122 valence electrons. The number of benzene rings is 2. The Morgan fingerprint density at radius 3 is 2.67 bits per heavy atom. The van der Waals surface area contributed by atoms with Gasteiger partial charge in [-0.05, 0) is 48.0 Å². The van der Waals surface area contributed by atoms with E-state index in [4.69, 9.17) is 16.3 Å². The fourth-order valence-electron chi connectivity index (χ4n) is 1.86. The molecule has 0 atom stereocenters. The third-order valence-electron chi connectivity index (χ3n) is 2.99. The minimum atomic E-state index is 0.587. The fourth-order valence-corrected chi connectivity index (χ4v) is 2.66. The molecule has 8 heteroatoms. The van der Waals surface area contributed by atoms with Gasteiger partial charge in [0.1, 0.15) is 5.75 Å². The standard InChI is InChI=1S/C16H14ClN5OS/c1-23-14-7-5-11(6-8-14)10-18-20-16-22-21-15(24-16)19-13-4-2-3-12(17)9-13/h2-10H,1H3,(H,19,21)(H,20,22)/b18-10+. The molecule has 0 radical (unpaired) electrons. The lowest BCUT2D eigenvalue weighted by Gasteiger charge is -2.01. The Morgan fingerprint density at radius 2 is 1.92 bits per heavy atom. The Labute approximate surface area is 148 Å². The van der Waals surface area contributed by atoms with E-state index in [1.807, 2.05) is 48.5 Å². The van der Waals surface area contributed by atoms with Crippen molar-refractivity contribution in [1.82, 2.24) is 10.2 Å². The van der Waals surface area contributed by atoms with Gasteiger partial charge in [-0.1, -0.05) is 29.0 Å². The lowest BCUT2D eigenvalue weighted by Crippen LogP contribution is -1.90. The zero-order valence-corrected chi connectivity index (χ0v) is 14.3. The maximum Gasteiger partial charge on any atom is 0.227 e. The Morgan fingerprint density at radius 1 is 1.12 bits per heavy atom. The molecule has 2 N–H and O–H groups in total. The number of halogens is 1. The van der Waals surface area contributed by atoms with Crippen molar-refractivity contribution in [3.8, 4) is 5.75 Å². The van der Waals surface area contributed by atoms with Crippen LogP contribution in [-0.4, -0.2) is 23.5 Å². The van der Waals surface area contributed by atoms with Crippen LogP contribution in [0.1, 0.15) is 5.56 Å². The van der Waals surface area contributed by atoms with Crippen molar-refractivity contribution in [3.05, 3.63) is 59.1 Å². The van der Waals surface area contributed by atoms with Gasteiger partial charge in [0.2, 0.25) is 10.3 Å². The van der Waals surface area contributed by atoms with Crippen LogP contribution in [0, 0.1) is 0 Å². The first kappa shape index (κ1) is 16.2. The van der Waals surface area contributed by atoms with Crippen molar-refractivity contribution in [2.45, 2.75) is 0 Å². The Kier molecular flexibility index (Phi) is 5.25. The predicted molar refractivity (Wildman–Crippen MR) is 98.9 cm³/mol. The third kappa shape index (κ3) is 4.43. The van der Waals surface area contributed by atoms with Gasteiger partial charge in [-0.15, -0.1) is 10.2 Å².